The Hall–Kier alpha value is -3.33. The van der Waals surface area contributed by atoms with Gasteiger partial charge < -0.3 is 4.74 Å². The van der Waals surface area contributed by atoms with Crippen LogP contribution in [0.25, 0.3) is 0 Å². The van der Waals surface area contributed by atoms with Crippen LogP contribution in [0.3, 0.4) is 0 Å². The molecule has 1 aliphatic carbocycles. The lowest BCUT2D eigenvalue weighted by Crippen LogP contribution is -2.46. The van der Waals surface area contributed by atoms with Crippen molar-refractivity contribution in [1.82, 2.24) is 15.0 Å². The average Bonchev–Trinajstić information content (AvgIpc) is 3.12. The first-order chi connectivity index (χ1) is 14.0. The zero-order valence-electron chi connectivity index (χ0n) is 15.4. The average molecular weight is 399 g/mol. The molecule has 0 bridgehead atoms. The van der Waals surface area contributed by atoms with Gasteiger partial charge >= 0.3 is 6.61 Å². The van der Waals surface area contributed by atoms with Gasteiger partial charge in [-0.15, -0.1) is 0 Å². The minimum Gasteiger partial charge on any atom is -0.319 e. The van der Waals surface area contributed by atoms with E-state index in [-0.39, 0.29) is 47.6 Å². The van der Waals surface area contributed by atoms with E-state index < -0.39 is 6.61 Å². The first-order valence-electron chi connectivity index (χ1n) is 8.98. The summed E-state index contributed by atoms with van der Waals surface area (Å²) >= 11 is 0. The molecule has 148 valence electrons. The lowest BCUT2D eigenvalue weighted by atomic mass is 9.90. The van der Waals surface area contributed by atoms with E-state index in [9.17, 15) is 18.4 Å². The molecule has 7 nitrogen and oxygen atoms in total. The van der Waals surface area contributed by atoms with Gasteiger partial charge in [0.1, 0.15) is 12.5 Å². The lowest BCUT2D eigenvalue weighted by molar-refractivity contribution is -0.707. The van der Waals surface area contributed by atoms with Crippen LogP contribution < -0.4 is 4.57 Å². The molecule has 1 atom stereocenters. The van der Waals surface area contributed by atoms with Crippen molar-refractivity contribution in [3.05, 3.63) is 76.9 Å². The fourth-order valence-corrected chi connectivity index (χ4v) is 3.53. The quantitative estimate of drug-likeness (QED) is 0.503. The van der Waals surface area contributed by atoms with Gasteiger partial charge in [-0.3, -0.25) is 19.6 Å². The fourth-order valence-electron chi connectivity index (χ4n) is 3.53. The Balaban J connectivity index is 1.84. The van der Waals surface area contributed by atoms with E-state index in [0.29, 0.717) is 17.1 Å². The van der Waals surface area contributed by atoms with Gasteiger partial charge in [0.25, 0.3) is 5.82 Å². The second kappa shape index (κ2) is 7.59. The molecule has 1 aliphatic rings. The predicted molar refractivity (Wildman–Crippen MR) is 95.8 cm³/mol. The van der Waals surface area contributed by atoms with E-state index in [1.165, 1.54) is 17.0 Å². The predicted octanol–water partition coefficient (Wildman–Crippen LogP) is 2.26. The van der Waals surface area contributed by atoms with E-state index >= 15 is 0 Å². The Kier molecular flexibility index (Phi) is 4.98. The Morgan fingerprint density at radius 2 is 1.86 bits per heavy atom. The van der Waals surface area contributed by atoms with Crippen molar-refractivity contribution >= 4 is 11.6 Å². The molecule has 2 heterocycles. The monoisotopic (exact) mass is 399 g/mol. The number of halogens is 2. The standard InChI is InChI=1S/C20H16F2N4O3/c1-11(14-10-23-6-7-24-14)19-25-15-16(26(19)8-9-29-20(21)22)18(28)13-5-3-2-4-12(13)17(15)27/h2-7,10-11,20H,8-9H2,1H3/p+1. The number of H-pyrrole nitrogens is 1. The Labute approximate surface area is 164 Å². The van der Waals surface area contributed by atoms with Crippen molar-refractivity contribution in [2.24, 2.45) is 0 Å². The number of ether oxygens (including phenoxy) is 1. The number of carbonyl (C=O) groups excluding carboxylic acids is 2. The minimum atomic E-state index is -2.93. The fraction of sp³-hybridized carbons (Fsp3) is 0.250. The normalized spacial score (nSPS) is 14.1. The van der Waals surface area contributed by atoms with E-state index in [1.54, 1.807) is 30.5 Å². The lowest BCUT2D eigenvalue weighted by Gasteiger charge is -2.13. The van der Waals surface area contributed by atoms with Gasteiger partial charge in [-0.1, -0.05) is 24.3 Å². The molecular weight excluding hydrogens is 382 g/mol. The number of hydrogen-bond acceptors (Lipinski definition) is 5. The molecule has 0 radical (unpaired) electrons. The van der Waals surface area contributed by atoms with Crippen molar-refractivity contribution < 1.29 is 27.7 Å². The zero-order valence-corrected chi connectivity index (χ0v) is 15.4. The highest BCUT2D eigenvalue weighted by Crippen LogP contribution is 2.27. The Morgan fingerprint density at radius 3 is 2.52 bits per heavy atom. The van der Waals surface area contributed by atoms with Crippen LogP contribution in [0.2, 0.25) is 0 Å². The van der Waals surface area contributed by atoms with Gasteiger partial charge in [-0.2, -0.15) is 8.78 Å². The third kappa shape index (κ3) is 3.33. The zero-order chi connectivity index (χ0) is 20.5. The van der Waals surface area contributed by atoms with E-state index in [4.69, 9.17) is 0 Å². The summed E-state index contributed by atoms with van der Waals surface area (Å²) in [6.45, 7) is -1.45. The SMILES string of the molecule is CC(c1cnccn1)c1[nH]c2c([n+]1CCOC(F)F)C(=O)c1ccccc1C2=O. The summed E-state index contributed by atoms with van der Waals surface area (Å²) in [6.07, 6.45) is 4.64. The first kappa shape index (κ1) is 19.0. The largest absolute Gasteiger partial charge is 0.345 e. The number of nitrogens with one attached hydrogen (secondary N) is 1. The van der Waals surface area contributed by atoms with Crippen molar-refractivity contribution in [1.29, 1.82) is 0 Å². The molecule has 0 saturated heterocycles. The summed E-state index contributed by atoms with van der Waals surface area (Å²) < 4.78 is 30.9. The number of alkyl halides is 2. The topological polar surface area (TPSA) is 88.8 Å². The maximum atomic E-state index is 13.1. The molecule has 0 amide bonds. The second-order valence-corrected chi connectivity index (χ2v) is 6.57. The van der Waals surface area contributed by atoms with Crippen LogP contribution in [0, 0.1) is 0 Å². The number of benzene rings is 1. The number of aromatic nitrogens is 4. The molecule has 1 N–H and O–H groups in total. The molecule has 0 fully saturated rings. The molecule has 9 heteroatoms. The minimum absolute atomic E-state index is 0.0305. The summed E-state index contributed by atoms with van der Waals surface area (Å²) in [7, 11) is 0. The third-order valence-electron chi connectivity index (χ3n) is 4.90. The summed E-state index contributed by atoms with van der Waals surface area (Å²) in [6, 6.07) is 6.53. The highest BCUT2D eigenvalue weighted by atomic mass is 19.3. The number of rotatable bonds is 6. The first-order valence-corrected chi connectivity index (χ1v) is 8.98. The molecule has 1 unspecified atom stereocenters. The molecule has 29 heavy (non-hydrogen) atoms. The summed E-state index contributed by atoms with van der Waals surface area (Å²) in [5.74, 6) is -0.551. The third-order valence-corrected chi connectivity index (χ3v) is 4.90. The summed E-state index contributed by atoms with van der Waals surface area (Å²) in [4.78, 5) is 37.5. The van der Waals surface area contributed by atoms with Crippen molar-refractivity contribution in [2.45, 2.75) is 26.0 Å². The van der Waals surface area contributed by atoms with Crippen LogP contribution in [0.15, 0.2) is 42.9 Å². The smallest absolute Gasteiger partial charge is 0.319 e. The van der Waals surface area contributed by atoms with Crippen LogP contribution in [-0.4, -0.2) is 39.7 Å². The maximum Gasteiger partial charge on any atom is 0.345 e. The number of hydrogen-bond donors (Lipinski definition) is 1. The molecule has 2 aromatic heterocycles. The number of carbonyl (C=O) groups is 2. The van der Waals surface area contributed by atoms with Crippen molar-refractivity contribution in [3.8, 4) is 0 Å². The van der Waals surface area contributed by atoms with Gasteiger partial charge in [0.2, 0.25) is 23.0 Å². The Bertz CT molecular complexity index is 1080. The Morgan fingerprint density at radius 1 is 1.14 bits per heavy atom. The molecule has 0 saturated carbocycles. The number of aromatic amines is 1. The van der Waals surface area contributed by atoms with Gasteiger partial charge in [0.15, 0.2) is 0 Å². The van der Waals surface area contributed by atoms with Gasteiger partial charge in [0.05, 0.1) is 12.3 Å². The van der Waals surface area contributed by atoms with Crippen LogP contribution in [0.1, 0.15) is 56.5 Å². The van der Waals surface area contributed by atoms with Crippen molar-refractivity contribution in [3.63, 3.8) is 0 Å². The molecule has 0 aliphatic heterocycles. The number of ketones is 2. The van der Waals surface area contributed by atoms with Crippen LogP contribution in [0.5, 0.6) is 0 Å². The highest BCUT2D eigenvalue weighted by molar-refractivity contribution is 6.26. The van der Waals surface area contributed by atoms with E-state index in [0.717, 1.165) is 0 Å². The van der Waals surface area contributed by atoms with Crippen LogP contribution >= 0.6 is 0 Å². The molecule has 4 rings (SSSR count). The van der Waals surface area contributed by atoms with Crippen LogP contribution in [0.4, 0.5) is 8.78 Å². The second-order valence-electron chi connectivity index (χ2n) is 6.57. The van der Waals surface area contributed by atoms with Gasteiger partial charge in [-0.25, -0.2) is 9.55 Å². The van der Waals surface area contributed by atoms with E-state index in [1.807, 2.05) is 6.92 Å². The molecular formula is C20H17F2N4O3+. The van der Waals surface area contributed by atoms with Gasteiger partial charge in [0, 0.05) is 29.7 Å². The number of nitrogens with zero attached hydrogens (tertiary/aromatic N) is 3. The summed E-state index contributed by atoms with van der Waals surface area (Å²) in [5, 5.41) is 0. The number of fused-ring (bicyclic) bond motifs is 2. The highest BCUT2D eigenvalue weighted by Gasteiger charge is 2.42. The molecule has 0 spiro atoms. The number of imidazole rings is 1. The van der Waals surface area contributed by atoms with Crippen LogP contribution in [-0.2, 0) is 11.3 Å². The molecule has 3 aromatic rings. The van der Waals surface area contributed by atoms with E-state index in [2.05, 4.69) is 19.7 Å². The van der Waals surface area contributed by atoms with Crippen molar-refractivity contribution in [2.75, 3.05) is 6.61 Å². The summed E-state index contributed by atoms with van der Waals surface area (Å²) in [5.41, 5.74) is 1.47. The molecule has 1 aromatic carbocycles. The maximum absolute atomic E-state index is 13.1. The van der Waals surface area contributed by atoms with Gasteiger partial charge in [-0.05, 0) is 6.92 Å².